The van der Waals surface area contributed by atoms with E-state index in [-0.39, 0.29) is 31.3 Å². The van der Waals surface area contributed by atoms with Crippen molar-refractivity contribution < 1.29 is 14.7 Å². The monoisotopic (exact) mass is 371 g/mol. The van der Waals surface area contributed by atoms with Crippen molar-refractivity contribution in [3.8, 4) is 0 Å². The van der Waals surface area contributed by atoms with E-state index in [2.05, 4.69) is 15.6 Å². The molecule has 2 atom stereocenters. The molecule has 0 saturated carbocycles. The number of carbonyl (C=O) groups excluding carboxylic acids is 2. The lowest BCUT2D eigenvalue weighted by molar-refractivity contribution is -0.139. The van der Waals surface area contributed by atoms with E-state index < -0.39 is 12.1 Å². The molecular weight excluding hydrogens is 346 g/mol. The molecule has 8 nitrogen and oxygen atoms in total. The van der Waals surface area contributed by atoms with Gasteiger partial charge >= 0.3 is 0 Å². The lowest BCUT2D eigenvalue weighted by atomic mass is 10.1. The summed E-state index contributed by atoms with van der Waals surface area (Å²) in [5.41, 5.74) is 2.94. The van der Waals surface area contributed by atoms with Crippen LogP contribution in [0.4, 0.5) is 0 Å². The maximum Gasteiger partial charge on any atom is 0.245 e. The zero-order valence-corrected chi connectivity index (χ0v) is 15.6. The number of rotatable bonds is 6. The first-order chi connectivity index (χ1) is 13.0. The summed E-state index contributed by atoms with van der Waals surface area (Å²) in [5.74, 6) is -0.511. The zero-order valence-electron chi connectivity index (χ0n) is 15.6. The lowest BCUT2D eigenvalue weighted by Gasteiger charge is -2.23. The first-order valence-corrected chi connectivity index (χ1v) is 9.16. The normalized spacial score (nSPS) is 19.3. The third kappa shape index (κ3) is 4.71. The summed E-state index contributed by atoms with van der Waals surface area (Å²) in [6.45, 7) is 4.50. The first-order valence-electron chi connectivity index (χ1n) is 9.16. The molecule has 2 amide bonds. The highest BCUT2D eigenvalue weighted by atomic mass is 16.3. The van der Waals surface area contributed by atoms with E-state index in [4.69, 9.17) is 0 Å². The van der Waals surface area contributed by atoms with Crippen molar-refractivity contribution in [2.75, 3.05) is 6.54 Å². The Hall–Kier alpha value is -2.74. The van der Waals surface area contributed by atoms with Gasteiger partial charge in [-0.25, -0.2) is 4.68 Å². The number of hydrogen-bond donors (Lipinski definition) is 2. The van der Waals surface area contributed by atoms with Gasteiger partial charge in [-0.3, -0.25) is 9.59 Å². The number of hydrogen-bond acceptors (Lipinski definition) is 5. The lowest BCUT2D eigenvalue weighted by Crippen LogP contribution is -2.46. The Morgan fingerprint density at radius 2 is 2.04 bits per heavy atom. The molecule has 1 aliphatic rings. The second-order valence-electron chi connectivity index (χ2n) is 6.92. The summed E-state index contributed by atoms with van der Waals surface area (Å²) in [7, 11) is 0. The number of β-amino-alcohol motifs (C(OH)–C–C–N with tert-alkyl or cyclic N) is 1. The number of nitrogens with one attached hydrogen (secondary N) is 1. The number of aryl methyl sites for hydroxylation is 2. The fraction of sp³-hybridized carbons (Fsp3) is 0.474. The average molecular weight is 371 g/mol. The number of amides is 2. The van der Waals surface area contributed by atoms with Crippen molar-refractivity contribution in [3.63, 3.8) is 0 Å². The second-order valence-corrected chi connectivity index (χ2v) is 6.92. The van der Waals surface area contributed by atoms with Gasteiger partial charge in [0.1, 0.15) is 12.6 Å². The van der Waals surface area contributed by atoms with Crippen LogP contribution in [-0.2, 0) is 29.1 Å². The molecule has 2 aromatic rings. The van der Waals surface area contributed by atoms with Gasteiger partial charge in [-0.1, -0.05) is 42.0 Å². The quantitative estimate of drug-likeness (QED) is 0.767. The largest absolute Gasteiger partial charge is 0.391 e. The number of benzene rings is 1. The molecule has 1 aromatic carbocycles. The van der Waals surface area contributed by atoms with Gasteiger partial charge in [-0.15, -0.1) is 5.10 Å². The Morgan fingerprint density at radius 1 is 1.30 bits per heavy atom. The van der Waals surface area contributed by atoms with Crippen LogP contribution in [0.5, 0.6) is 0 Å². The highest BCUT2D eigenvalue weighted by Crippen LogP contribution is 2.19. The molecule has 2 N–H and O–H groups in total. The van der Waals surface area contributed by atoms with E-state index in [9.17, 15) is 14.7 Å². The Morgan fingerprint density at radius 3 is 2.70 bits per heavy atom. The van der Waals surface area contributed by atoms with E-state index in [1.165, 1.54) is 9.58 Å². The van der Waals surface area contributed by atoms with Gasteiger partial charge in [0.15, 0.2) is 0 Å². The standard InChI is InChI=1S/C19H25N5O3/c1-3-15-10-23(22-21-15)12-18(26)24-11-16(25)8-17(24)19(27)20-9-14-6-4-13(2)5-7-14/h4-7,10,16-17,25H,3,8-9,11-12H2,1-2H3,(H,20,27)/t16-,17+/m1/s1. The van der Waals surface area contributed by atoms with Crippen molar-refractivity contribution in [2.45, 2.75) is 51.9 Å². The van der Waals surface area contributed by atoms with Crippen LogP contribution in [0, 0.1) is 6.92 Å². The predicted octanol–water partition coefficient (Wildman–Crippen LogP) is 0.427. The maximum atomic E-state index is 12.6. The van der Waals surface area contributed by atoms with Crippen LogP contribution in [0.15, 0.2) is 30.5 Å². The number of aliphatic hydroxyl groups excluding tert-OH is 1. The molecule has 1 aliphatic heterocycles. The summed E-state index contributed by atoms with van der Waals surface area (Å²) in [4.78, 5) is 26.7. The van der Waals surface area contributed by atoms with Crippen LogP contribution in [0.25, 0.3) is 0 Å². The second kappa shape index (κ2) is 8.30. The van der Waals surface area contributed by atoms with Crippen LogP contribution < -0.4 is 5.32 Å². The zero-order chi connectivity index (χ0) is 19.4. The van der Waals surface area contributed by atoms with Crippen LogP contribution in [0.2, 0.25) is 0 Å². The minimum Gasteiger partial charge on any atom is -0.391 e. The van der Waals surface area contributed by atoms with Gasteiger partial charge in [0.25, 0.3) is 0 Å². The predicted molar refractivity (Wildman–Crippen MR) is 98.6 cm³/mol. The third-order valence-corrected chi connectivity index (χ3v) is 4.73. The number of nitrogens with zero attached hydrogens (tertiary/aromatic N) is 4. The van der Waals surface area contributed by atoms with Crippen molar-refractivity contribution in [1.82, 2.24) is 25.2 Å². The molecule has 0 spiro atoms. The van der Waals surface area contributed by atoms with E-state index >= 15 is 0 Å². The molecule has 2 heterocycles. The highest BCUT2D eigenvalue weighted by molar-refractivity contribution is 5.88. The third-order valence-electron chi connectivity index (χ3n) is 4.73. The molecule has 3 rings (SSSR count). The molecule has 1 fully saturated rings. The minimum absolute atomic E-state index is 0.00145. The molecule has 144 valence electrons. The van der Waals surface area contributed by atoms with Gasteiger partial charge < -0.3 is 15.3 Å². The molecule has 8 heteroatoms. The van der Waals surface area contributed by atoms with Crippen molar-refractivity contribution in [1.29, 1.82) is 0 Å². The molecule has 1 aromatic heterocycles. The molecular formula is C19H25N5O3. The van der Waals surface area contributed by atoms with Crippen molar-refractivity contribution >= 4 is 11.8 Å². The molecule has 27 heavy (non-hydrogen) atoms. The van der Waals surface area contributed by atoms with Gasteiger partial charge in [-0.2, -0.15) is 0 Å². The van der Waals surface area contributed by atoms with Crippen LogP contribution in [0.3, 0.4) is 0 Å². The Bertz CT molecular complexity index is 802. The SMILES string of the molecule is CCc1cn(CC(=O)N2C[C@H](O)C[C@H]2C(=O)NCc2ccc(C)cc2)nn1. The smallest absolute Gasteiger partial charge is 0.245 e. The maximum absolute atomic E-state index is 12.6. The van der Waals surface area contributed by atoms with E-state index in [0.717, 1.165) is 23.2 Å². The van der Waals surface area contributed by atoms with Gasteiger partial charge in [0.05, 0.1) is 11.8 Å². The first kappa shape index (κ1) is 19.0. The van der Waals surface area contributed by atoms with E-state index in [0.29, 0.717) is 6.54 Å². The van der Waals surface area contributed by atoms with Crippen molar-refractivity contribution in [2.24, 2.45) is 0 Å². The fourth-order valence-corrected chi connectivity index (χ4v) is 3.16. The van der Waals surface area contributed by atoms with E-state index in [1.54, 1.807) is 6.20 Å². The number of aromatic nitrogens is 3. The number of aliphatic hydroxyl groups is 1. The van der Waals surface area contributed by atoms with Gasteiger partial charge in [0.2, 0.25) is 11.8 Å². The van der Waals surface area contributed by atoms with Crippen LogP contribution >= 0.6 is 0 Å². The minimum atomic E-state index is -0.703. The van der Waals surface area contributed by atoms with Crippen LogP contribution in [-0.4, -0.2) is 55.5 Å². The molecule has 1 saturated heterocycles. The topological polar surface area (TPSA) is 100 Å². The number of carbonyl (C=O) groups is 2. The summed E-state index contributed by atoms with van der Waals surface area (Å²) in [6.07, 6.45) is 1.99. The highest BCUT2D eigenvalue weighted by Gasteiger charge is 2.38. The van der Waals surface area contributed by atoms with Gasteiger partial charge in [-0.05, 0) is 18.9 Å². The van der Waals surface area contributed by atoms with Crippen molar-refractivity contribution in [3.05, 3.63) is 47.3 Å². The molecule has 0 radical (unpaired) electrons. The Kier molecular flexibility index (Phi) is 5.85. The average Bonchev–Trinajstić information content (AvgIpc) is 3.27. The van der Waals surface area contributed by atoms with Crippen LogP contribution in [0.1, 0.15) is 30.2 Å². The van der Waals surface area contributed by atoms with E-state index in [1.807, 2.05) is 38.1 Å². The summed E-state index contributed by atoms with van der Waals surface area (Å²) < 4.78 is 1.47. The summed E-state index contributed by atoms with van der Waals surface area (Å²) in [6, 6.07) is 7.21. The molecule has 0 bridgehead atoms. The Balaban J connectivity index is 1.61. The fourth-order valence-electron chi connectivity index (χ4n) is 3.16. The molecule has 0 aliphatic carbocycles. The summed E-state index contributed by atoms with van der Waals surface area (Å²) >= 11 is 0. The number of likely N-dealkylation sites (tertiary alicyclic amines) is 1. The molecule has 0 unspecified atom stereocenters. The summed E-state index contributed by atoms with van der Waals surface area (Å²) in [5, 5.41) is 20.7. The Labute approximate surface area is 158 Å². The van der Waals surface area contributed by atoms with Gasteiger partial charge in [0, 0.05) is 25.7 Å².